The Morgan fingerprint density at radius 3 is 2.29 bits per heavy atom. The van der Waals surface area contributed by atoms with Gasteiger partial charge in [-0.1, -0.05) is 0 Å². The van der Waals surface area contributed by atoms with E-state index in [9.17, 15) is 13.2 Å². The van der Waals surface area contributed by atoms with Gasteiger partial charge in [-0.05, 0) is 48.0 Å². The van der Waals surface area contributed by atoms with Crippen LogP contribution in [0.2, 0.25) is 5.22 Å². The van der Waals surface area contributed by atoms with Gasteiger partial charge in [0.2, 0.25) is 0 Å². The Morgan fingerprint density at radius 2 is 1.81 bits per heavy atom. The molecule has 0 radical (unpaired) electrons. The lowest BCUT2D eigenvalue weighted by atomic mass is 10.1. The molecule has 0 aliphatic carbocycles. The van der Waals surface area contributed by atoms with Crippen LogP contribution in [0.25, 0.3) is 0 Å². The molecule has 0 aliphatic heterocycles. The maximum atomic E-state index is 12.4. The lowest BCUT2D eigenvalue weighted by Gasteiger charge is -2.14. The fourth-order valence-electron chi connectivity index (χ4n) is 1.75. The fourth-order valence-corrected chi connectivity index (χ4v) is 1.90. The number of nitrogens with two attached hydrogens (primary N) is 1. The van der Waals surface area contributed by atoms with Gasteiger partial charge >= 0.3 is 6.18 Å². The van der Waals surface area contributed by atoms with E-state index in [2.05, 4.69) is 0 Å². The van der Waals surface area contributed by atoms with Crippen LogP contribution in [-0.2, 0) is 6.18 Å². The highest BCUT2D eigenvalue weighted by molar-refractivity contribution is 6.28. The third kappa shape index (κ3) is 4.15. The molecule has 114 valence electrons. The molecule has 1 atom stereocenters. The largest absolute Gasteiger partial charge is 0.493 e. The first kappa shape index (κ1) is 15.7. The number of halogens is 4. The number of rotatable bonds is 5. The summed E-state index contributed by atoms with van der Waals surface area (Å²) in [5.41, 5.74) is 4.91. The first-order valence-electron chi connectivity index (χ1n) is 6.15. The average Bonchev–Trinajstić information content (AvgIpc) is 2.86. The highest BCUT2D eigenvalue weighted by Crippen LogP contribution is 2.30. The second-order valence-electron chi connectivity index (χ2n) is 4.41. The van der Waals surface area contributed by atoms with Gasteiger partial charge in [-0.2, -0.15) is 13.2 Å². The molecule has 1 heterocycles. The van der Waals surface area contributed by atoms with Crippen molar-refractivity contribution < 1.29 is 22.3 Å². The van der Waals surface area contributed by atoms with E-state index >= 15 is 0 Å². The zero-order valence-electron chi connectivity index (χ0n) is 10.9. The summed E-state index contributed by atoms with van der Waals surface area (Å²) in [6.07, 6.45) is -4.36. The molecule has 7 heteroatoms. The van der Waals surface area contributed by atoms with Crippen LogP contribution in [0, 0.1) is 0 Å². The summed E-state index contributed by atoms with van der Waals surface area (Å²) in [6, 6.07) is 7.76. The molecule has 2 rings (SSSR count). The summed E-state index contributed by atoms with van der Waals surface area (Å²) in [7, 11) is 0. The molecular weight excluding hydrogens is 307 g/mol. The van der Waals surface area contributed by atoms with E-state index in [4.69, 9.17) is 26.5 Å². The molecule has 2 aromatic rings. The van der Waals surface area contributed by atoms with Crippen molar-refractivity contribution >= 4 is 11.6 Å². The molecule has 1 unspecified atom stereocenters. The molecule has 21 heavy (non-hydrogen) atoms. The number of benzene rings is 1. The van der Waals surface area contributed by atoms with Crippen LogP contribution in [0.5, 0.6) is 5.75 Å². The van der Waals surface area contributed by atoms with Gasteiger partial charge in [-0.3, -0.25) is 0 Å². The summed E-state index contributed by atoms with van der Waals surface area (Å²) in [4.78, 5) is 0. The molecule has 3 nitrogen and oxygen atoms in total. The van der Waals surface area contributed by atoms with Gasteiger partial charge in [0.25, 0.3) is 0 Å². The highest BCUT2D eigenvalue weighted by Gasteiger charge is 2.30. The van der Waals surface area contributed by atoms with E-state index in [0.29, 0.717) is 11.5 Å². The third-order valence-electron chi connectivity index (χ3n) is 2.91. The Morgan fingerprint density at radius 1 is 1.14 bits per heavy atom. The van der Waals surface area contributed by atoms with Crippen molar-refractivity contribution in [2.24, 2.45) is 5.73 Å². The van der Waals surface area contributed by atoms with Crippen LogP contribution >= 0.6 is 11.6 Å². The van der Waals surface area contributed by atoms with E-state index in [-0.39, 0.29) is 24.3 Å². The van der Waals surface area contributed by atoms with Gasteiger partial charge < -0.3 is 14.9 Å². The molecule has 0 bridgehead atoms. The quantitative estimate of drug-likeness (QED) is 0.903. The third-order valence-corrected chi connectivity index (χ3v) is 3.12. The maximum Gasteiger partial charge on any atom is 0.416 e. The van der Waals surface area contributed by atoms with Gasteiger partial charge in [0, 0.05) is 6.54 Å². The Hall–Kier alpha value is -1.66. The number of furan rings is 1. The minimum atomic E-state index is -4.36. The van der Waals surface area contributed by atoms with E-state index < -0.39 is 11.7 Å². The van der Waals surface area contributed by atoms with E-state index in [1.165, 1.54) is 12.1 Å². The predicted molar refractivity (Wildman–Crippen MR) is 72.5 cm³/mol. The Balaban J connectivity index is 1.98. The summed E-state index contributed by atoms with van der Waals surface area (Å²) in [5, 5.41) is 0.248. The van der Waals surface area contributed by atoms with E-state index in [0.717, 1.165) is 12.1 Å². The fraction of sp³-hybridized carbons (Fsp3) is 0.286. The standard InChI is InChI=1S/C14H13ClF3NO2/c15-13-6-5-12(21-13)9(7-19)8-20-11-3-1-10(2-4-11)14(16,17)18/h1-6,9H,7-8,19H2. The van der Waals surface area contributed by atoms with Crippen molar-refractivity contribution in [1.29, 1.82) is 0 Å². The van der Waals surface area contributed by atoms with Crippen LogP contribution < -0.4 is 10.5 Å². The number of hydrogen-bond acceptors (Lipinski definition) is 3. The summed E-state index contributed by atoms with van der Waals surface area (Å²) >= 11 is 5.68. The zero-order valence-corrected chi connectivity index (χ0v) is 11.6. The summed E-state index contributed by atoms with van der Waals surface area (Å²) < 4.78 is 48.0. The second kappa shape index (κ2) is 6.41. The molecule has 0 amide bonds. The van der Waals surface area contributed by atoms with Gasteiger partial charge in [0.05, 0.1) is 18.1 Å². The van der Waals surface area contributed by atoms with Crippen molar-refractivity contribution in [2.45, 2.75) is 12.1 Å². The van der Waals surface area contributed by atoms with E-state index in [1.807, 2.05) is 0 Å². The number of alkyl halides is 3. The molecule has 0 fully saturated rings. The van der Waals surface area contributed by atoms with Crippen LogP contribution in [0.15, 0.2) is 40.8 Å². The first-order valence-corrected chi connectivity index (χ1v) is 6.53. The summed E-state index contributed by atoms with van der Waals surface area (Å²) in [5.74, 6) is 0.688. The predicted octanol–water partition coefficient (Wildman–Crippen LogP) is 4.07. The molecule has 0 spiro atoms. The topological polar surface area (TPSA) is 48.4 Å². The van der Waals surface area contributed by atoms with Gasteiger partial charge in [0.1, 0.15) is 11.5 Å². The lowest BCUT2D eigenvalue weighted by Crippen LogP contribution is -2.19. The van der Waals surface area contributed by atoms with Crippen molar-refractivity contribution in [3.63, 3.8) is 0 Å². The molecule has 1 aromatic heterocycles. The summed E-state index contributed by atoms with van der Waals surface area (Å²) in [6.45, 7) is 0.455. The smallest absolute Gasteiger partial charge is 0.416 e. The SMILES string of the molecule is NCC(COc1ccc(C(F)(F)F)cc1)c1ccc(Cl)o1. The van der Waals surface area contributed by atoms with Gasteiger partial charge in [-0.15, -0.1) is 0 Å². The minimum absolute atomic E-state index is 0.186. The molecule has 2 N–H and O–H groups in total. The molecule has 0 aliphatic rings. The van der Waals surface area contributed by atoms with Gasteiger partial charge in [0.15, 0.2) is 5.22 Å². The zero-order chi connectivity index (χ0) is 15.5. The van der Waals surface area contributed by atoms with Crippen LogP contribution in [0.4, 0.5) is 13.2 Å². The van der Waals surface area contributed by atoms with Crippen molar-refractivity contribution in [3.8, 4) is 5.75 Å². The monoisotopic (exact) mass is 319 g/mol. The van der Waals surface area contributed by atoms with Crippen molar-refractivity contribution in [1.82, 2.24) is 0 Å². The number of hydrogen-bond donors (Lipinski definition) is 1. The lowest BCUT2D eigenvalue weighted by molar-refractivity contribution is -0.137. The van der Waals surface area contributed by atoms with Crippen LogP contribution in [0.1, 0.15) is 17.2 Å². The van der Waals surface area contributed by atoms with E-state index in [1.54, 1.807) is 12.1 Å². The average molecular weight is 320 g/mol. The Kier molecular flexibility index (Phi) is 4.80. The van der Waals surface area contributed by atoms with Crippen molar-refractivity contribution in [2.75, 3.05) is 13.2 Å². The Bertz CT molecular complexity index is 581. The molecule has 0 saturated carbocycles. The second-order valence-corrected chi connectivity index (χ2v) is 4.78. The van der Waals surface area contributed by atoms with Crippen LogP contribution in [0.3, 0.4) is 0 Å². The molecule has 1 aromatic carbocycles. The number of ether oxygens (including phenoxy) is 1. The molecular formula is C14H13ClF3NO2. The highest BCUT2D eigenvalue weighted by atomic mass is 35.5. The van der Waals surface area contributed by atoms with Crippen molar-refractivity contribution in [3.05, 3.63) is 52.9 Å². The normalized spacial score (nSPS) is 13.2. The Labute approximate surface area is 124 Å². The maximum absolute atomic E-state index is 12.4. The van der Waals surface area contributed by atoms with Crippen LogP contribution in [-0.4, -0.2) is 13.2 Å². The minimum Gasteiger partial charge on any atom is -0.493 e. The first-order chi connectivity index (χ1) is 9.90. The van der Waals surface area contributed by atoms with Gasteiger partial charge in [-0.25, -0.2) is 0 Å². The molecule has 0 saturated heterocycles.